The number of ether oxygens (including phenoxy) is 1. The first-order chi connectivity index (χ1) is 13.6. The number of aliphatic imine (C=N–C) groups is 1. The van der Waals surface area contributed by atoms with Crippen LogP contribution in [0.15, 0.2) is 23.3 Å². The molecule has 2 heterocycles. The number of nitrogens with zero attached hydrogens (tertiary/aromatic N) is 3. The van der Waals surface area contributed by atoms with E-state index in [1.54, 1.807) is 0 Å². The molecule has 3 rings (SSSR count). The molecule has 0 radical (unpaired) electrons. The number of aromatic nitrogens is 1. The maximum absolute atomic E-state index is 6.03. The molecule has 7 heteroatoms. The lowest BCUT2D eigenvalue weighted by Gasteiger charge is -2.35. The SMILES string of the molecule is CCNC(=NCc1ccnc(OC2CCCC2)c1)NC1CCN(C(C)C)CC1.I. The molecule has 2 aliphatic rings. The van der Waals surface area contributed by atoms with Gasteiger partial charge in [0.1, 0.15) is 6.10 Å². The fraction of sp³-hybridized carbons (Fsp3) is 0.727. The van der Waals surface area contributed by atoms with Crippen molar-refractivity contribution in [2.45, 2.75) is 84.0 Å². The summed E-state index contributed by atoms with van der Waals surface area (Å²) in [4.78, 5) is 11.7. The minimum atomic E-state index is 0. The summed E-state index contributed by atoms with van der Waals surface area (Å²) in [5.41, 5.74) is 1.13. The highest BCUT2D eigenvalue weighted by molar-refractivity contribution is 14.0. The van der Waals surface area contributed by atoms with E-state index in [-0.39, 0.29) is 24.0 Å². The van der Waals surface area contributed by atoms with Crippen molar-refractivity contribution in [1.29, 1.82) is 0 Å². The zero-order valence-electron chi connectivity index (χ0n) is 18.2. The van der Waals surface area contributed by atoms with E-state index in [1.165, 1.54) is 12.8 Å². The summed E-state index contributed by atoms with van der Waals surface area (Å²) in [6, 6.07) is 5.18. The quantitative estimate of drug-likeness (QED) is 0.327. The van der Waals surface area contributed by atoms with Gasteiger partial charge in [0.25, 0.3) is 0 Å². The van der Waals surface area contributed by atoms with Crippen molar-refractivity contribution in [3.8, 4) is 5.88 Å². The molecule has 1 aliphatic heterocycles. The molecule has 2 N–H and O–H groups in total. The molecule has 0 unspecified atom stereocenters. The molecule has 0 atom stereocenters. The molecule has 1 aromatic rings. The first-order valence-electron chi connectivity index (χ1n) is 11.0. The molecule has 1 aromatic heterocycles. The van der Waals surface area contributed by atoms with Crippen LogP contribution in [0.25, 0.3) is 0 Å². The Bertz CT molecular complexity index is 625. The summed E-state index contributed by atoms with van der Waals surface area (Å²) in [5.74, 6) is 1.64. The average Bonchev–Trinajstić information content (AvgIpc) is 3.20. The van der Waals surface area contributed by atoms with Gasteiger partial charge >= 0.3 is 0 Å². The van der Waals surface area contributed by atoms with Crippen LogP contribution in [0.1, 0.15) is 64.9 Å². The molecule has 0 aromatic carbocycles. The number of piperidine rings is 1. The first kappa shape index (κ1) is 24.2. The number of guanidine groups is 1. The van der Waals surface area contributed by atoms with Crippen molar-refractivity contribution >= 4 is 29.9 Å². The lowest BCUT2D eigenvalue weighted by molar-refractivity contribution is 0.167. The topological polar surface area (TPSA) is 61.8 Å². The van der Waals surface area contributed by atoms with Crippen LogP contribution in [0, 0.1) is 0 Å². The highest BCUT2D eigenvalue weighted by Crippen LogP contribution is 2.23. The maximum Gasteiger partial charge on any atom is 0.213 e. The van der Waals surface area contributed by atoms with E-state index in [9.17, 15) is 0 Å². The molecule has 29 heavy (non-hydrogen) atoms. The number of hydrogen-bond donors (Lipinski definition) is 2. The molecule has 0 bridgehead atoms. The lowest BCUT2D eigenvalue weighted by atomic mass is 10.0. The van der Waals surface area contributed by atoms with Crippen LogP contribution in [0.3, 0.4) is 0 Å². The standard InChI is InChI=1S/C22H37N5O.HI/c1-4-23-22(26-19-10-13-27(14-11-19)17(2)3)25-16-18-9-12-24-21(15-18)28-20-7-5-6-8-20;/h9,12,15,17,19-20H,4-8,10-11,13-14,16H2,1-3H3,(H2,23,25,26);1H. The van der Waals surface area contributed by atoms with Crippen molar-refractivity contribution in [3.63, 3.8) is 0 Å². The summed E-state index contributed by atoms with van der Waals surface area (Å²) in [5, 5.41) is 7.01. The molecule has 0 spiro atoms. The van der Waals surface area contributed by atoms with E-state index in [0.29, 0.717) is 24.7 Å². The second kappa shape index (κ2) is 12.6. The van der Waals surface area contributed by atoms with E-state index in [4.69, 9.17) is 9.73 Å². The van der Waals surface area contributed by atoms with Gasteiger partial charge in [0, 0.05) is 44.0 Å². The van der Waals surface area contributed by atoms with E-state index in [1.807, 2.05) is 18.3 Å². The summed E-state index contributed by atoms with van der Waals surface area (Å²) in [6.07, 6.45) is 9.32. The molecule has 1 saturated carbocycles. The molecule has 6 nitrogen and oxygen atoms in total. The van der Waals surface area contributed by atoms with Gasteiger partial charge in [-0.3, -0.25) is 0 Å². The normalized spacial score (nSPS) is 19.2. The van der Waals surface area contributed by atoms with Crippen LogP contribution < -0.4 is 15.4 Å². The van der Waals surface area contributed by atoms with Gasteiger partial charge in [-0.1, -0.05) is 0 Å². The molecule has 0 amide bonds. The fourth-order valence-corrected chi connectivity index (χ4v) is 4.03. The van der Waals surface area contributed by atoms with Gasteiger partial charge in [0.15, 0.2) is 5.96 Å². The van der Waals surface area contributed by atoms with E-state index in [2.05, 4.69) is 41.3 Å². The minimum absolute atomic E-state index is 0. The molecular formula is C22H38IN5O. The zero-order chi connectivity index (χ0) is 19.8. The fourth-order valence-electron chi connectivity index (χ4n) is 4.03. The molecule has 2 fully saturated rings. The Hall–Kier alpha value is -1.09. The average molecular weight is 515 g/mol. The van der Waals surface area contributed by atoms with E-state index < -0.39 is 0 Å². The van der Waals surface area contributed by atoms with Gasteiger partial charge < -0.3 is 20.3 Å². The van der Waals surface area contributed by atoms with Gasteiger partial charge in [-0.25, -0.2) is 9.98 Å². The zero-order valence-corrected chi connectivity index (χ0v) is 20.5. The summed E-state index contributed by atoms with van der Waals surface area (Å²) in [6.45, 7) is 10.5. The lowest BCUT2D eigenvalue weighted by Crippen LogP contribution is -2.49. The Kier molecular flexibility index (Phi) is 10.5. The Balaban J connectivity index is 0.00000300. The highest BCUT2D eigenvalue weighted by Gasteiger charge is 2.21. The third kappa shape index (κ3) is 7.92. The molecule has 164 valence electrons. The van der Waals surface area contributed by atoms with Crippen LogP contribution in [0.5, 0.6) is 5.88 Å². The summed E-state index contributed by atoms with van der Waals surface area (Å²) >= 11 is 0. The number of rotatable bonds is 7. The van der Waals surface area contributed by atoms with Gasteiger partial charge in [-0.05, 0) is 70.9 Å². The Morgan fingerprint density at radius 2 is 1.97 bits per heavy atom. The van der Waals surface area contributed by atoms with Crippen LogP contribution in [-0.4, -0.2) is 53.7 Å². The minimum Gasteiger partial charge on any atom is -0.474 e. The van der Waals surface area contributed by atoms with Gasteiger partial charge in [-0.2, -0.15) is 0 Å². The van der Waals surface area contributed by atoms with Crippen molar-refractivity contribution in [2.24, 2.45) is 4.99 Å². The maximum atomic E-state index is 6.03. The Labute approximate surface area is 193 Å². The van der Waals surface area contributed by atoms with Crippen molar-refractivity contribution in [3.05, 3.63) is 23.9 Å². The third-order valence-corrected chi connectivity index (χ3v) is 5.75. The van der Waals surface area contributed by atoms with Gasteiger partial charge in [0.2, 0.25) is 5.88 Å². The van der Waals surface area contributed by atoms with Crippen LogP contribution >= 0.6 is 24.0 Å². The van der Waals surface area contributed by atoms with Crippen molar-refractivity contribution < 1.29 is 4.74 Å². The monoisotopic (exact) mass is 515 g/mol. The summed E-state index contributed by atoms with van der Waals surface area (Å²) < 4.78 is 6.03. The molecule has 1 saturated heterocycles. The number of halogens is 1. The van der Waals surface area contributed by atoms with Crippen molar-refractivity contribution in [1.82, 2.24) is 20.5 Å². The van der Waals surface area contributed by atoms with E-state index >= 15 is 0 Å². The Morgan fingerprint density at radius 3 is 2.62 bits per heavy atom. The second-order valence-electron chi connectivity index (χ2n) is 8.27. The van der Waals surface area contributed by atoms with Crippen LogP contribution in [0.2, 0.25) is 0 Å². The van der Waals surface area contributed by atoms with Gasteiger partial charge in [0.05, 0.1) is 6.54 Å². The first-order valence-corrected chi connectivity index (χ1v) is 11.0. The largest absolute Gasteiger partial charge is 0.474 e. The number of hydrogen-bond acceptors (Lipinski definition) is 4. The van der Waals surface area contributed by atoms with Crippen LogP contribution in [-0.2, 0) is 6.54 Å². The predicted octanol–water partition coefficient (Wildman–Crippen LogP) is 3.95. The number of nitrogens with one attached hydrogen (secondary N) is 2. The number of likely N-dealkylation sites (tertiary alicyclic amines) is 1. The second-order valence-corrected chi connectivity index (χ2v) is 8.27. The molecule has 1 aliphatic carbocycles. The summed E-state index contributed by atoms with van der Waals surface area (Å²) in [7, 11) is 0. The van der Waals surface area contributed by atoms with Gasteiger partial charge in [-0.15, -0.1) is 24.0 Å². The number of pyridine rings is 1. The highest BCUT2D eigenvalue weighted by atomic mass is 127. The van der Waals surface area contributed by atoms with Crippen molar-refractivity contribution in [2.75, 3.05) is 19.6 Å². The smallest absolute Gasteiger partial charge is 0.213 e. The third-order valence-electron chi connectivity index (χ3n) is 5.75. The van der Waals surface area contributed by atoms with Crippen LogP contribution in [0.4, 0.5) is 0 Å². The molecular weight excluding hydrogens is 477 g/mol. The Morgan fingerprint density at radius 1 is 1.24 bits per heavy atom. The predicted molar refractivity (Wildman–Crippen MR) is 130 cm³/mol. The van der Waals surface area contributed by atoms with E-state index in [0.717, 1.165) is 62.7 Å².